The van der Waals surface area contributed by atoms with Gasteiger partial charge in [0.05, 0.1) is 11.8 Å². The van der Waals surface area contributed by atoms with Crippen LogP contribution in [-0.4, -0.2) is 47.9 Å². The molecule has 0 bridgehead atoms. The predicted octanol–water partition coefficient (Wildman–Crippen LogP) is 2.62. The first kappa shape index (κ1) is 18.5. The fraction of sp³-hybridized carbons (Fsp3) is 0.409. The zero-order valence-corrected chi connectivity index (χ0v) is 16.4. The van der Waals surface area contributed by atoms with E-state index in [1.807, 2.05) is 55.1 Å². The summed E-state index contributed by atoms with van der Waals surface area (Å²) in [6.45, 7) is 6.92. The number of carbonyl (C=O) groups is 2. The van der Waals surface area contributed by atoms with Crippen LogP contribution < -0.4 is 10.2 Å². The van der Waals surface area contributed by atoms with Crippen LogP contribution >= 0.6 is 0 Å². The van der Waals surface area contributed by atoms with Crippen molar-refractivity contribution in [3.05, 3.63) is 53.7 Å². The van der Waals surface area contributed by atoms with Gasteiger partial charge < -0.3 is 15.1 Å². The third-order valence-electron chi connectivity index (χ3n) is 5.65. The van der Waals surface area contributed by atoms with Crippen LogP contribution in [0.5, 0.6) is 0 Å². The maximum absolute atomic E-state index is 12.8. The van der Waals surface area contributed by atoms with Crippen LogP contribution in [0.2, 0.25) is 0 Å². The Bertz CT molecular complexity index is 875. The Labute approximate surface area is 165 Å². The molecule has 0 radical (unpaired) electrons. The molecule has 2 heterocycles. The normalized spacial score (nSPS) is 21.4. The summed E-state index contributed by atoms with van der Waals surface area (Å²) in [5.74, 6) is 0.639. The number of carbonyl (C=O) groups excluding carboxylic acids is 2. The minimum Gasteiger partial charge on any atom is -0.353 e. The summed E-state index contributed by atoms with van der Waals surface area (Å²) in [5.41, 5.74) is 3.04. The number of hydrogen-bond donors (Lipinski definition) is 1. The van der Waals surface area contributed by atoms with Crippen LogP contribution in [-0.2, 0) is 9.59 Å². The molecule has 1 N–H and O–H groups in total. The lowest BCUT2D eigenvalue weighted by Gasteiger charge is -2.35. The van der Waals surface area contributed by atoms with E-state index in [-0.39, 0.29) is 23.7 Å². The molecule has 1 saturated heterocycles. The molecule has 6 nitrogen and oxygen atoms in total. The number of aromatic nitrogens is 1. The second kappa shape index (κ2) is 7.62. The highest BCUT2D eigenvalue weighted by Gasteiger charge is 2.49. The van der Waals surface area contributed by atoms with E-state index in [4.69, 9.17) is 0 Å². The van der Waals surface area contributed by atoms with E-state index < -0.39 is 0 Å². The van der Waals surface area contributed by atoms with Gasteiger partial charge in [-0.2, -0.15) is 0 Å². The van der Waals surface area contributed by atoms with Gasteiger partial charge in [0.1, 0.15) is 5.82 Å². The molecule has 1 saturated carbocycles. The van der Waals surface area contributed by atoms with Gasteiger partial charge in [0, 0.05) is 38.1 Å². The first-order chi connectivity index (χ1) is 13.5. The fourth-order valence-corrected chi connectivity index (χ4v) is 3.87. The molecule has 2 aliphatic rings. The highest BCUT2D eigenvalue weighted by atomic mass is 16.2. The largest absolute Gasteiger partial charge is 0.353 e. The molecule has 1 aromatic carbocycles. The minimum absolute atomic E-state index is 0.0441. The maximum atomic E-state index is 12.8. The lowest BCUT2D eigenvalue weighted by molar-refractivity contribution is -0.134. The van der Waals surface area contributed by atoms with E-state index in [1.165, 1.54) is 5.56 Å². The third kappa shape index (κ3) is 3.86. The predicted molar refractivity (Wildman–Crippen MR) is 109 cm³/mol. The lowest BCUT2D eigenvalue weighted by atomic mass is 10.1. The molecular weight excluding hydrogens is 352 g/mol. The van der Waals surface area contributed by atoms with Crippen LogP contribution in [0.25, 0.3) is 0 Å². The highest BCUT2D eigenvalue weighted by molar-refractivity contribution is 6.00. The second-order valence-corrected chi connectivity index (χ2v) is 7.76. The zero-order chi connectivity index (χ0) is 19.7. The fourth-order valence-electron chi connectivity index (χ4n) is 3.87. The first-order valence-corrected chi connectivity index (χ1v) is 9.86. The van der Waals surface area contributed by atoms with Gasteiger partial charge in [-0.3, -0.25) is 9.59 Å². The molecule has 0 spiro atoms. The monoisotopic (exact) mass is 378 g/mol. The summed E-state index contributed by atoms with van der Waals surface area (Å²) in [7, 11) is 0. The summed E-state index contributed by atoms with van der Waals surface area (Å²) in [6, 6.07) is 11.8. The molecule has 6 heteroatoms. The first-order valence-electron chi connectivity index (χ1n) is 9.86. The molecule has 2 fully saturated rings. The maximum Gasteiger partial charge on any atom is 0.228 e. The number of anilines is 2. The number of amides is 2. The van der Waals surface area contributed by atoms with Crippen molar-refractivity contribution in [3.63, 3.8) is 0 Å². The van der Waals surface area contributed by atoms with Crippen molar-refractivity contribution in [2.45, 2.75) is 20.3 Å². The average Bonchev–Trinajstić information content (AvgIpc) is 3.51. The van der Waals surface area contributed by atoms with Crippen LogP contribution in [0.15, 0.2) is 42.6 Å². The number of hydrogen-bond acceptors (Lipinski definition) is 4. The van der Waals surface area contributed by atoms with Gasteiger partial charge in [0.25, 0.3) is 0 Å². The SMILES string of the molecule is Cc1ccc(NC(=O)C2CC2C(=O)N2CCN(c3ccccn3)CC2)c(C)c1. The molecule has 2 amide bonds. The molecule has 2 aromatic rings. The molecule has 1 aromatic heterocycles. The Hall–Kier alpha value is -2.89. The van der Waals surface area contributed by atoms with Crippen molar-refractivity contribution in [2.24, 2.45) is 11.8 Å². The van der Waals surface area contributed by atoms with Crippen molar-refractivity contribution in [1.29, 1.82) is 0 Å². The van der Waals surface area contributed by atoms with Gasteiger partial charge in [-0.25, -0.2) is 4.98 Å². The number of rotatable bonds is 4. The topological polar surface area (TPSA) is 65.5 Å². The Morgan fingerprint density at radius 1 is 1.04 bits per heavy atom. The quantitative estimate of drug-likeness (QED) is 0.888. The van der Waals surface area contributed by atoms with Crippen LogP contribution in [0.1, 0.15) is 17.5 Å². The van der Waals surface area contributed by atoms with Gasteiger partial charge in [-0.15, -0.1) is 0 Å². The van der Waals surface area contributed by atoms with E-state index in [0.717, 1.165) is 30.2 Å². The zero-order valence-electron chi connectivity index (χ0n) is 16.4. The van der Waals surface area contributed by atoms with E-state index in [1.54, 1.807) is 6.20 Å². The van der Waals surface area contributed by atoms with Crippen molar-refractivity contribution in [2.75, 3.05) is 36.4 Å². The lowest BCUT2D eigenvalue weighted by Crippen LogP contribution is -2.49. The van der Waals surface area contributed by atoms with Gasteiger partial charge >= 0.3 is 0 Å². The van der Waals surface area contributed by atoms with Crippen LogP contribution in [0, 0.1) is 25.7 Å². The molecule has 146 valence electrons. The Balaban J connectivity index is 1.29. The summed E-state index contributed by atoms with van der Waals surface area (Å²) in [5, 5.41) is 2.99. The van der Waals surface area contributed by atoms with E-state index in [2.05, 4.69) is 15.2 Å². The number of pyridine rings is 1. The second-order valence-electron chi connectivity index (χ2n) is 7.76. The van der Waals surface area contributed by atoms with Crippen molar-refractivity contribution in [1.82, 2.24) is 9.88 Å². The average molecular weight is 378 g/mol. The van der Waals surface area contributed by atoms with Crippen molar-refractivity contribution >= 4 is 23.3 Å². The van der Waals surface area contributed by atoms with Gasteiger partial charge in [0.2, 0.25) is 11.8 Å². The summed E-state index contributed by atoms with van der Waals surface area (Å²) in [4.78, 5) is 33.8. The van der Waals surface area contributed by atoms with Crippen molar-refractivity contribution < 1.29 is 9.59 Å². The number of benzene rings is 1. The standard InChI is InChI=1S/C22H26N4O2/c1-15-6-7-19(16(2)13-15)24-21(27)17-14-18(17)22(28)26-11-9-25(10-12-26)20-5-3-4-8-23-20/h3-8,13,17-18H,9-12,14H2,1-2H3,(H,24,27). The molecule has 1 aliphatic heterocycles. The summed E-state index contributed by atoms with van der Waals surface area (Å²) < 4.78 is 0. The smallest absolute Gasteiger partial charge is 0.228 e. The third-order valence-corrected chi connectivity index (χ3v) is 5.65. The molecule has 1 aliphatic carbocycles. The molecule has 28 heavy (non-hydrogen) atoms. The molecule has 4 rings (SSSR count). The van der Waals surface area contributed by atoms with Gasteiger partial charge in [0.15, 0.2) is 0 Å². The number of aryl methyl sites for hydroxylation is 2. The van der Waals surface area contributed by atoms with Gasteiger partial charge in [-0.1, -0.05) is 23.8 Å². The highest BCUT2D eigenvalue weighted by Crippen LogP contribution is 2.41. The Morgan fingerprint density at radius 2 is 1.82 bits per heavy atom. The number of nitrogens with one attached hydrogen (secondary N) is 1. The number of nitrogens with zero attached hydrogens (tertiary/aromatic N) is 3. The van der Waals surface area contributed by atoms with Crippen molar-refractivity contribution in [3.8, 4) is 0 Å². The van der Waals surface area contributed by atoms with Crippen LogP contribution in [0.4, 0.5) is 11.5 Å². The number of piperazine rings is 1. The van der Waals surface area contributed by atoms with E-state index >= 15 is 0 Å². The minimum atomic E-state index is -0.206. The summed E-state index contributed by atoms with van der Waals surface area (Å²) >= 11 is 0. The summed E-state index contributed by atoms with van der Waals surface area (Å²) in [6.07, 6.45) is 2.44. The molecule has 2 atom stereocenters. The Morgan fingerprint density at radius 3 is 2.50 bits per heavy atom. The van der Waals surface area contributed by atoms with E-state index in [0.29, 0.717) is 19.5 Å². The Kier molecular flexibility index (Phi) is 5.03. The van der Waals surface area contributed by atoms with Crippen LogP contribution in [0.3, 0.4) is 0 Å². The molecular formula is C22H26N4O2. The van der Waals surface area contributed by atoms with Gasteiger partial charge in [-0.05, 0) is 44.0 Å². The van der Waals surface area contributed by atoms with E-state index in [9.17, 15) is 9.59 Å². The molecule has 2 unspecified atom stereocenters.